The largest absolute Gasteiger partial charge is 0.357 e. The lowest BCUT2D eigenvalue weighted by Crippen LogP contribution is -2.49. The number of rotatable bonds is 3. The van der Waals surface area contributed by atoms with Gasteiger partial charge in [0, 0.05) is 57.2 Å². The molecule has 2 aliphatic heterocycles. The van der Waals surface area contributed by atoms with Crippen LogP contribution >= 0.6 is 0 Å². The molecular formula is C20H25N5O. The minimum Gasteiger partial charge on any atom is -0.357 e. The second-order valence-corrected chi connectivity index (χ2v) is 6.92. The molecule has 0 bridgehead atoms. The van der Waals surface area contributed by atoms with Crippen LogP contribution in [-0.4, -0.2) is 60.0 Å². The molecular weight excluding hydrogens is 326 g/mol. The molecule has 26 heavy (non-hydrogen) atoms. The number of carbonyl (C=O) groups is 1. The number of nitrogens with zero attached hydrogens (tertiary/aromatic N) is 5. The highest BCUT2D eigenvalue weighted by Gasteiger charge is 2.23. The number of carbonyl (C=O) groups excluding carboxylic acids is 1. The molecule has 0 radical (unpaired) electrons. The van der Waals surface area contributed by atoms with Crippen LogP contribution in [0.5, 0.6) is 0 Å². The smallest absolute Gasteiger partial charge is 0.254 e. The lowest BCUT2D eigenvalue weighted by molar-refractivity contribution is 0.0746. The molecule has 136 valence electrons. The van der Waals surface area contributed by atoms with E-state index in [0.717, 1.165) is 56.5 Å². The Morgan fingerprint density at radius 1 is 0.769 bits per heavy atom. The first-order valence-electron chi connectivity index (χ1n) is 9.47. The maximum atomic E-state index is 12.9. The van der Waals surface area contributed by atoms with Crippen LogP contribution in [-0.2, 0) is 0 Å². The van der Waals surface area contributed by atoms with Crippen molar-refractivity contribution in [2.24, 2.45) is 0 Å². The molecule has 0 aliphatic carbocycles. The Morgan fingerprint density at radius 2 is 1.50 bits per heavy atom. The summed E-state index contributed by atoms with van der Waals surface area (Å²) >= 11 is 0. The van der Waals surface area contributed by atoms with E-state index in [1.54, 1.807) is 6.20 Å². The summed E-state index contributed by atoms with van der Waals surface area (Å²) in [5.74, 6) is 2.02. The molecule has 2 aromatic heterocycles. The van der Waals surface area contributed by atoms with E-state index >= 15 is 0 Å². The van der Waals surface area contributed by atoms with E-state index in [2.05, 4.69) is 19.8 Å². The van der Waals surface area contributed by atoms with E-state index < -0.39 is 0 Å². The Morgan fingerprint density at radius 3 is 2.23 bits per heavy atom. The molecule has 0 N–H and O–H groups in total. The lowest BCUT2D eigenvalue weighted by Gasteiger charge is -2.35. The van der Waals surface area contributed by atoms with Crippen molar-refractivity contribution in [3.05, 3.63) is 48.3 Å². The standard InChI is InChI=1S/C20H25N5O/c26-20(17-7-9-22-19(16-17)23-10-4-1-5-11-23)25-14-12-24(13-15-25)18-6-2-3-8-21-18/h2-3,6-9,16H,1,4-5,10-15H2. The maximum Gasteiger partial charge on any atom is 0.254 e. The molecule has 2 saturated heterocycles. The topological polar surface area (TPSA) is 52.6 Å². The van der Waals surface area contributed by atoms with Gasteiger partial charge in [-0.1, -0.05) is 6.07 Å². The van der Waals surface area contributed by atoms with Crippen molar-refractivity contribution in [1.29, 1.82) is 0 Å². The fourth-order valence-electron chi connectivity index (χ4n) is 3.71. The first kappa shape index (κ1) is 16.8. The van der Waals surface area contributed by atoms with Crippen LogP contribution in [0, 0.1) is 0 Å². The molecule has 0 unspecified atom stereocenters. The van der Waals surface area contributed by atoms with Gasteiger partial charge in [-0.25, -0.2) is 9.97 Å². The number of piperazine rings is 1. The number of pyridine rings is 2. The summed E-state index contributed by atoms with van der Waals surface area (Å²) in [5, 5.41) is 0. The monoisotopic (exact) mass is 351 g/mol. The first-order valence-corrected chi connectivity index (χ1v) is 9.47. The number of amides is 1. The third-order valence-corrected chi connectivity index (χ3v) is 5.21. The third-order valence-electron chi connectivity index (χ3n) is 5.21. The summed E-state index contributed by atoms with van der Waals surface area (Å²) in [5.41, 5.74) is 0.742. The third kappa shape index (κ3) is 3.64. The van der Waals surface area contributed by atoms with Gasteiger partial charge in [0.05, 0.1) is 0 Å². The van der Waals surface area contributed by atoms with Crippen LogP contribution in [0.4, 0.5) is 11.6 Å². The number of hydrogen-bond acceptors (Lipinski definition) is 5. The van der Waals surface area contributed by atoms with Gasteiger partial charge in [0.25, 0.3) is 5.91 Å². The normalized spacial score (nSPS) is 18.1. The van der Waals surface area contributed by atoms with Crippen molar-refractivity contribution in [1.82, 2.24) is 14.9 Å². The van der Waals surface area contributed by atoms with Crippen molar-refractivity contribution in [2.75, 3.05) is 49.1 Å². The van der Waals surface area contributed by atoms with Crippen molar-refractivity contribution in [3.63, 3.8) is 0 Å². The van der Waals surface area contributed by atoms with Crippen molar-refractivity contribution in [3.8, 4) is 0 Å². The summed E-state index contributed by atoms with van der Waals surface area (Å²) in [6.07, 6.45) is 7.27. The molecule has 6 nitrogen and oxygen atoms in total. The molecule has 1 amide bonds. The predicted octanol–water partition coefficient (Wildman–Crippen LogP) is 2.43. The summed E-state index contributed by atoms with van der Waals surface area (Å²) < 4.78 is 0. The van der Waals surface area contributed by atoms with Crippen LogP contribution in [0.3, 0.4) is 0 Å². The molecule has 0 atom stereocenters. The highest BCUT2D eigenvalue weighted by molar-refractivity contribution is 5.95. The molecule has 0 saturated carbocycles. The van der Waals surface area contributed by atoms with Gasteiger partial charge < -0.3 is 14.7 Å². The minimum atomic E-state index is 0.103. The highest BCUT2D eigenvalue weighted by Crippen LogP contribution is 2.20. The van der Waals surface area contributed by atoms with Gasteiger partial charge >= 0.3 is 0 Å². The number of hydrogen-bond donors (Lipinski definition) is 0. The van der Waals surface area contributed by atoms with Gasteiger partial charge in [0.1, 0.15) is 11.6 Å². The Labute approximate surface area is 154 Å². The summed E-state index contributed by atoms with van der Waals surface area (Å²) in [4.78, 5) is 28.3. The van der Waals surface area contributed by atoms with Crippen molar-refractivity contribution < 1.29 is 4.79 Å². The fraction of sp³-hybridized carbons (Fsp3) is 0.450. The van der Waals surface area contributed by atoms with Gasteiger partial charge in [0.15, 0.2) is 0 Å². The van der Waals surface area contributed by atoms with Gasteiger partial charge in [-0.15, -0.1) is 0 Å². The molecule has 2 aliphatic rings. The zero-order chi connectivity index (χ0) is 17.8. The lowest BCUT2D eigenvalue weighted by atomic mass is 10.1. The van der Waals surface area contributed by atoms with Crippen LogP contribution in [0.2, 0.25) is 0 Å². The number of aromatic nitrogens is 2. The van der Waals surface area contributed by atoms with E-state index in [1.165, 1.54) is 19.3 Å². The maximum absolute atomic E-state index is 12.9. The van der Waals surface area contributed by atoms with Gasteiger partial charge in [-0.3, -0.25) is 4.79 Å². The number of piperidine rings is 1. The molecule has 2 fully saturated rings. The van der Waals surface area contributed by atoms with Crippen LogP contribution in [0.1, 0.15) is 29.6 Å². The van der Waals surface area contributed by atoms with E-state index in [0.29, 0.717) is 0 Å². The van der Waals surface area contributed by atoms with E-state index in [-0.39, 0.29) is 5.91 Å². The zero-order valence-electron chi connectivity index (χ0n) is 15.0. The van der Waals surface area contributed by atoms with Gasteiger partial charge in [-0.2, -0.15) is 0 Å². The molecule has 2 aromatic rings. The van der Waals surface area contributed by atoms with E-state index in [4.69, 9.17) is 0 Å². The molecule has 0 aromatic carbocycles. The van der Waals surface area contributed by atoms with Crippen molar-refractivity contribution >= 4 is 17.5 Å². The average molecular weight is 351 g/mol. The SMILES string of the molecule is O=C(c1ccnc(N2CCCCC2)c1)N1CCN(c2ccccn2)CC1. The Bertz CT molecular complexity index is 737. The average Bonchev–Trinajstić information content (AvgIpc) is 2.75. The Hall–Kier alpha value is -2.63. The van der Waals surface area contributed by atoms with E-state index in [1.807, 2.05) is 41.4 Å². The van der Waals surface area contributed by atoms with Gasteiger partial charge in [0.2, 0.25) is 0 Å². The first-order chi connectivity index (χ1) is 12.8. The molecule has 6 heteroatoms. The zero-order valence-corrected chi connectivity index (χ0v) is 15.0. The van der Waals surface area contributed by atoms with Crippen molar-refractivity contribution in [2.45, 2.75) is 19.3 Å². The second-order valence-electron chi connectivity index (χ2n) is 6.92. The molecule has 4 heterocycles. The Kier molecular flexibility index (Phi) is 5.00. The molecule has 0 spiro atoms. The predicted molar refractivity (Wildman–Crippen MR) is 103 cm³/mol. The van der Waals surface area contributed by atoms with Gasteiger partial charge in [-0.05, 0) is 43.5 Å². The summed E-state index contributed by atoms with van der Waals surface area (Å²) in [7, 11) is 0. The van der Waals surface area contributed by atoms with Crippen LogP contribution < -0.4 is 9.80 Å². The highest BCUT2D eigenvalue weighted by atomic mass is 16.2. The number of anilines is 2. The summed E-state index contributed by atoms with van der Waals surface area (Å²) in [6, 6.07) is 9.73. The molecule has 4 rings (SSSR count). The Balaban J connectivity index is 1.40. The summed E-state index contributed by atoms with van der Waals surface area (Å²) in [6.45, 7) is 5.13. The quantitative estimate of drug-likeness (QED) is 0.850. The van der Waals surface area contributed by atoms with E-state index in [9.17, 15) is 4.79 Å². The fourth-order valence-corrected chi connectivity index (χ4v) is 3.71. The minimum absolute atomic E-state index is 0.103. The van der Waals surface area contributed by atoms with Crippen LogP contribution in [0.15, 0.2) is 42.7 Å². The van der Waals surface area contributed by atoms with Crippen LogP contribution in [0.25, 0.3) is 0 Å². The second kappa shape index (κ2) is 7.72.